The predicted molar refractivity (Wildman–Crippen MR) is 93.7 cm³/mol. The maximum atomic E-state index is 5.99. The average molecular weight is 340 g/mol. The minimum atomic E-state index is -0.153. The van der Waals surface area contributed by atoms with Gasteiger partial charge < -0.3 is 19.2 Å². The van der Waals surface area contributed by atoms with Crippen molar-refractivity contribution in [2.45, 2.75) is 5.54 Å². The molecule has 3 aromatic rings. The number of nitrogens with zero attached hydrogens (tertiary/aromatic N) is 3. The number of aromatic nitrogens is 2. The van der Waals surface area contributed by atoms with E-state index in [-0.39, 0.29) is 5.54 Å². The summed E-state index contributed by atoms with van der Waals surface area (Å²) in [5, 5.41) is 4.47. The zero-order chi connectivity index (χ0) is 16.7. The molecule has 2 aromatic heterocycles. The number of anilines is 1. The lowest BCUT2D eigenvalue weighted by molar-refractivity contribution is -0.135. The van der Waals surface area contributed by atoms with Gasteiger partial charge in [-0.2, -0.15) is 0 Å². The molecule has 0 amide bonds. The molecule has 0 spiro atoms. The second-order valence-corrected chi connectivity index (χ2v) is 6.67. The maximum Gasteiger partial charge on any atom is 0.196 e. The SMILES string of the molecule is c1ccc2c(c1)oc1c(NCC34COCCN3CCOC4)ncnc12. The summed E-state index contributed by atoms with van der Waals surface area (Å²) in [5.41, 5.74) is 2.20. The quantitative estimate of drug-likeness (QED) is 0.780. The van der Waals surface area contributed by atoms with Crippen LogP contribution in [-0.2, 0) is 9.47 Å². The molecule has 2 aliphatic heterocycles. The van der Waals surface area contributed by atoms with Gasteiger partial charge in [0.1, 0.15) is 17.4 Å². The van der Waals surface area contributed by atoms with E-state index in [1.165, 1.54) is 0 Å². The van der Waals surface area contributed by atoms with Crippen LogP contribution in [0.1, 0.15) is 0 Å². The Morgan fingerprint density at radius 3 is 2.72 bits per heavy atom. The Morgan fingerprint density at radius 1 is 1.08 bits per heavy atom. The Hall–Kier alpha value is -2.22. The molecule has 2 saturated heterocycles. The minimum Gasteiger partial charge on any atom is -0.450 e. The van der Waals surface area contributed by atoms with Crippen LogP contribution in [-0.4, -0.2) is 66.5 Å². The molecule has 7 nitrogen and oxygen atoms in total. The van der Waals surface area contributed by atoms with Gasteiger partial charge in [-0.25, -0.2) is 9.97 Å². The second kappa shape index (κ2) is 5.94. The van der Waals surface area contributed by atoms with E-state index >= 15 is 0 Å². The Bertz CT molecular complexity index is 898. The fourth-order valence-corrected chi connectivity index (χ4v) is 3.80. The van der Waals surface area contributed by atoms with Crippen LogP contribution < -0.4 is 5.32 Å². The number of nitrogens with one attached hydrogen (secondary N) is 1. The molecule has 1 aromatic carbocycles. The standard InChI is InChI=1S/C18H20N4O3/c1-2-4-14-13(3-1)15-16(25-14)17(21-12-20-15)19-9-18-10-23-7-5-22(18)6-8-24-11-18/h1-4,12H,5-11H2,(H,19,20,21). The molecule has 2 fully saturated rings. The second-order valence-electron chi connectivity index (χ2n) is 6.67. The number of hydrogen-bond acceptors (Lipinski definition) is 7. The molecule has 2 aliphatic rings. The van der Waals surface area contributed by atoms with Crippen LogP contribution in [0.3, 0.4) is 0 Å². The van der Waals surface area contributed by atoms with E-state index in [1.54, 1.807) is 6.33 Å². The van der Waals surface area contributed by atoms with Gasteiger partial charge in [0.2, 0.25) is 0 Å². The van der Waals surface area contributed by atoms with Crippen molar-refractivity contribution >= 4 is 27.9 Å². The van der Waals surface area contributed by atoms with Crippen molar-refractivity contribution in [1.29, 1.82) is 0 Å². The summed E-state index contributed by atoms with van der Waals surface area (Å²) in [6.07, 6.45) is 1.58. The molecule has 0 aliphatic carbocycles. The number of benzene rings is 1. The lowest BCUT2D eigenvalue weighted by atomic mass is 9.96. The lowest BCUT2D eigenvalue weighted by Crippen LogP contribution is -2.66. The van der Waals surface area contributed by atoms with Crippen molar-refractivity contribution < 1.29 is 13.9 Å². The van der Waals surface area contributed by atoms with E-state index in [4.69, 9.17) is 13.9 Å². The van der Waals surface area contributed by atoms with Crippen molar-refractivity contribution in [2.75, 3.05) is 51.4 Å². The zero-order valence-corrected chi connectivity index (χ0v) is 13.9. The Balaban J connectivity index is 1.47. The summed E-state index contributed by atoms with van der Waals surface area (Å²) >= 11 is 0. The molecule has 0 saturated carbocycles. The summed E-state index contributed by atoms with van der Waals surface area (Å²) < 4.78 is 17.5. The van der Waals surface area contributed by atoms with Crippen molar-refractivity contribution in [3.8, 4) is 0 Å². The number of hydrogen-bond donors (Lipinski definition) is 1. The molecule has 1 N–H and O–H groups in total. The van der Waals surface area contributed by atoms with Gasteiger partial charge in [-0.1, -0.05) is 12.1 Å². The molecular formula is C18H20N4O3. The maximum absolute atomic E-state index is 5.99. The van der Waals surface area contributed by atoms with Crippen LogP contribution in [0.4, 0.5) is 5.82 Å². The highest BCUT2D eigenvalue weighted by Crippen LogP contribution is 2.31. The fraction of sp³-hybridized carbons (Fsp3) is 0.444. The van der Waals surface area contributed by atoms with E-state index < -0.39 is 0 Å². The van der Waals surface area contributed by atoms with Gasteiger partial charge in [-0.05, 0) is 12.1 Å². The van der Waals surface area contributed by atoms with Gasteiger partial charge in [-0.3, -0.25) is 4.90 Å². The number of para-hydroxylation sites is 1. The van der Waals surface area contributed by atoms with E-state index in [1.807, 2.05) is 24.3 Å². The predicted octanol–water partition coefficient (Wildman–Crippen LogP) is 1.89. The Kier molecular flexibility index (Phi) is 3.58. The highest BCUT2D eigenvalue weighted by molar-refractivity contribution is 6.05. The van der Waals surface area contributed by atoms with Crippen LogP contribution in [0.5, 0.6) is 0 Å². The van der Waals surface area contributed by atoms with Gasteiger partial charge >= 0.3 is 0 Å². The molecule has 5 rings (SSSR count). The van der Waals surface area contributed by atoms with Crippen molar-refractivity contribution in [3.05, 3.63) is 30.6 Å². The first-order chi connectivity index (χ1) is 12.4. The van der Waals surface area contributed by atoms with Crippen LogP contribution in [0.2, 0.25) is 0 Å². The van der Waals surface area contributed by atoms with Gasteiger partial charge in [-0.15, -0.1) is 0 Å². The molecule has 0 unspecified atom stereocenters. The number of rotatable bonds is 3. The minimum absolute atomic E-state index is 0.153. The molecular weight excluding hydrogens is 320 g/mol. The largest absolute Gasteiger partial charge is 0.450 e. The van der Waals surface area contributed by atoms with Gasteiger partial charge in [0.25, 0.3) is 0 Å². The van der Waals surface area contributed by atoms with Crippen molar-refractivity contribution in [3.63, 3.8) is 0 Å². The summed E-state index contributed by atoms with van der Waals surface area (Å²) in [6.45, 7) is 5.45. The zero-order valence-electron chi connectivity index (χ0n) is 13.9. The molecule has 130 valence electrons. The van der Waals surface area contributed by atoms with Crippen LogP contribution in [0.15, 0.2) is 35.0 Å². The summed E-state index contributed by atoms with van der Waals surface area (Å²) in [7, 11) is 0. The van der Waals surface area contributed by atoms with Crippen LogP contribution in [0, 0.1) is 0 Å². The molecule has 0 atom stereocenters. The Labute approximate surface area is 144 Å². The molecule has 0 bridgehead atoms. The lowest BCUT2D eigenvalue weighted by Gasteiger charge is -2.49. The number of furan rings is 1. The molecule has 7 heteroatoms. The number of ether oxygens (including phenoxy) is 2. The Morgan fingerprint density at radius 2 is 1.88 bits per heavy atom. The molecule has 25 heavy (non-hydrogen) atoms. The highest BCUT2D eigenvalue weighted by atomic mass is 16.5. The van der Waals surface area contributed by atoms with Gasteiger partial charge in [0.05, 0.1) is 32.0 Å². The first-order valence-corrected chi connectivity index (χ1v) is 8.62. The van der Waals surface area contributed by atoms with E-state index in [2.05, 4.69) is 20.2 Å². The highest BCUT2D eigenvalue weighted by Gasteiger charge is 2.42. The van der Waals surface area contributed by atoms with E-state index in [9.17, 15) is 0 Å². The third-order valence-corrected chi connectivity index (χ3v) is 5.17. The normalized spacial score (nSPS) is 20.6. The fourth-order valence-electron chi connectivity index (χ4n) is 3.80. The van der Waals surface area contributed by atoms with E-state index in [0.29, 0.717) is 31.2 Å². The summed E-state index contributed by atoms with van der Waals surface area (Å²) in [5.74, 6) is 0.715. The third-order valence-electron chi connectivity index (χ3n) is 5.17. The van der Waals surface area contributed by atoms with E-state index in [0.717, 1.165) is 42.8 Å². The van der Waals surface area contributed by atoms with Crippen LogP contribution in [0.25, 0.3) is 22.1 Å². The first kappa shape index (κ1) is 15.1. The van der Waals surface area contributed by atoms with Crippen molar-refractivity contribution in [1.82, 2.24) is 14.9 Å². The monoisotopic (exact) mass is 340 g/mol. The number of fused-ring (bicyclic) bond motifs is 4. The van der Waals surface area contributed by atoms with Gasteiger partial charge in [0, 0.05) is 25.0 Å². The molecule has 0 radical (unpaired) electrons. The average Bonchev–Trinajstić information content (AvgIpc) is 3.06. The molecule has 4 heterocycles. The smallest absolute Gasteiger partial charge is 0.196 e. The van der Waals surface area contributed by atoms with Gasteiger partial charge in [0.15, 0.2) is 11.4 Å². The first-order valence-electron chi connectivity index (χ1n) is 8.62. The topological polar surface area (TPSA) is 72.7 Å². The summed E-state index contributed by atoms with van der Waals surface area (Å²) in [4.78, 5) is 11.3. The summed E-state index contributed by atoms with van der Waals surface area (Å²) in [6, 6.07) is 7.91. The third kappa shape index (κ3) is 2.47. The number of morpholine rings is 2. The van der Waals surface area contributed by atoms with Crippen molar-refractivity contribution in [2.24, 2.45) is 0 Å². The van der Waals surface area contributed by atoms with Crippen LogP contribution >= 0.6 is 0 Å².